The van der Waals surface area contributed by atoms with E-state index in [1.54, 1.807) is 0 Å². The summed E-state index contributed by atoms with van der Waals surface area (Å²) in [6.07, 6.45) is 5.45. The van der Waals surface area contributed by atoms with E-state index in [0.29, 0.717) is 6.54 Å². The lowest BCUT2D eigenvalue weighted by Gasteiger charge is -2.51. The molecule has 0 aromatic carbocycles. The summed E-state index contributed by atoms with van der Waals surface area (Å²) in [4.78, 5) is 39.9. The Morgan fingerprint density at radius 1 is 1.24 bits per heavy atom. The van der Waals surface area contributed by atoms with Gasteiger partial charge in [0, 0.05) is 12.6 Å². The Bertz CT molecular complexity index is 993. The first-order chi connectivity index (χ1) is 13.8. The first-order valence-corrected chi connectivity index (χ1v) is 9.43. The predicted molar refractivity (Wildman–Crippen MR) is 96.8 cm³/mol. The van der Waals surface area contributed by atoms with Crippen LogP contribution in [0, 0.1) is 16.6 Å². The molecule has 9 nitrogen and oxygen atoms in total. The number of fused-ring (bicyclic) bond motifs is 4. The van der Waals surface area contributed by atoms with Crippen molar-refractivity contribution in [2.45, 2.75) is 38.5 Å². The number of carboxylic acids is 1. The van der Waals surface area contributed by atoms with Gasteiger partial charge in [0.15, 0.2) is 17.2 Å². The van der Waals surface area contributed by atoms with Gasteiger partial charge < -0.3 is 15.2 Å². The fourth-order valence-corrected chi connectivity index (χ4v) is 4.62. The molecule has 2 N–H and O–H groups in total. The first kappa shape index (κ1) is 19.3. The number of hydrogen-bond donors (Lipinski definition) is 2. The minimum atomic E-state index is -1.36. The van der Waals surface area contributed by atoms with Crippen molar-refractivity contribution in [3.05, 3.63) is 29.5 Å². The summed E-state index contributed by atoms with van der Waals surface area (Å²) in [5.41, 5.74) is -1.35. The Kier molecular flexibility index (Phi) is 4.51. The topological polar surface area (TPSA) is 123 Å². The third-order valence-electron chi connectivity index (χ3n) is 6.52. The molecule has 0 atom stereocenters. The van der Waals surface area contributed by atoms with Gasteiger partial charge in [-0.1, -0.05) is 0 Å². The van der Waals surface area contributed by atoms with Crippen LogP contribution in [0.1, 0.15) is 59.5 Å². The number of nitrogens with one attached hydrogen (secondary N) is 1. The zero-order chi connectivity index (χ0) is 20.8. The summed E-state index contributed by atoms with van der Waals surface area (Å²) < 4.78 is 19.8. The van der Waals surface area contributed by atoms with Crippen molar-refractivity contribution in [2.24, 2.45) is 10.8 Å². The lowest BCUT2D eigenvalue weighted by molar-refractivity contribution is -0.162. The largest absolute Gasteiger partial charge is 0.477 e. The van der Waals surface area contributed by atoms with Crippen LogP contribution in [0.15, 0.2) is 12.3 Å². The second-order valence-electron chi connectivity index (χ2n) is 8.01. The van der Waals surface area contributed by atoms with Gasteiger partial charge in [0.05, 0.1) is 18.7 Å². The average Bonchev–Trinajstić information content (AvgIpc) is 3.13. The minimum absolute atomic E-state index is 0.0942. The summed E-state index contributed by atoms with van der Waals surface area (Å²) in [7, 11) is 1.41. The number of ether oxygens (including phenoxy) is 1. The van der Waals surface area contributed by atoms with Gasteiger partial charge in [-0.3, -0.25) is 9.59 Å². The highest BCUT2D eigenvalue weighted by molar-refractivity contribution is 5.96. The predicted octanol–water partition coefficient (Wildman–Crippen LogP) is 1.81. The number of carbonyl (C=O) groups excluding carboxylic acids is 2. The zero-order valence-corrected chi connectivity index (χ0v) is 15.9. The monoisotopic (exact) mass is 404 g/mol. The standard InChI is InChI=1S/C19H21FN4O5/c1-29-17(28)19-5-2-18(3-6-19,4-7-19)10-21-15(25)13-8-12(16(26)27)23-14-11(20)9-22-24(13)14/h8-9H,2-7,10H2,1H3,(H,21,25)(H,26,27). The second kappa shape index (κ2) is 6.78. The third-order valence-corrected chi connectivity index (χ3v) is 6.52. The van der Waals surface area contributed by atoms with Gasteiger partial charge >= 0.3 is 11.9 Å². The highest BCUT2D eigenvalue weighted by Gasteiger charge is 2.53. The lowest BCUT2D eigenvalue weighted by atomic mass is 9.53. The number of hydrogen-bond acceptors (Lipinski definition) is 6. The molecule has 2 heterocycles. The highest BCUT2D eigenvalue weighted by Crippen LogP contribution is 2.57. The van der Waals surface area contributed by atoms with E-state index in [-0.39, 0.29) is 22.7 Å². The van der Waals surface area contributed by atoms with Crippen molar-refractivity contribution in [1.29, 1.82) is 0 Å². The molecule has 0 radical (unpaired) electrons. The molecule has 0 spiro atoms. The number of carbonyl (C=O) groups is 3. The molecule has 5 rings (SSSR count). The van der Waals surface area contributed by atoms with E-state index in [9.17, 15) is 23.9 Å². The molecule has 2 aromatic rings. The van der Waals surface area contributed by atoms with Gasteiger partial charge in [0.2, 0.25) is 0 Å². The molecule has 0 saturated heterocycles. The van der Waals surface area contributed by atoms with E-state index in [1.165, 1.54) is 7.11 Å². The normalized spacial score (nSPS) is 25.7. The molecule has 2 bridgehead atoms. The van der Waals surface area contributed by atoms with Crippen molar-refractivity contribution in [2.75, 3.05) is 13.7 Å². The Labute approximate surface area is 165 Å². The van der Waals surface area contributed by atoms with Crippen molar-refractivity contribution < 1.29 is 28.6 Å². The van der Waals surface area contributed by atoms with Crippen LogP contribution in [0.4, 0.5) is 4.39 Å². The summed E-state index contributed by atoms with van der Waals surface area (Å²) in [5, 5.41) is 15.8. The average molecular weight is 404 g/mol. The molecule has 3 saturated carbocycles. The fraction of sp³-hybridized carbons (Fsp3) is 0.526. The number of methoxy groups -OCH3 is 1. The molecule has 0 unspecified atom stereocenters. The van der Waals surface area contributed by atoms with Gasteiger partial charge in [-0.2, -0.15) is 5.10 Å². The van der Waals surface area contributed by atoms with Crippen LogP contribution in [-0.2, 0) is 9.53 Å². The van der Waals surface area contributed by atoms with Crippen molar-refractivity contribution >= 4 is 23.5 Å². The third kappa shape index (κ3) is 3.12. The maximum atomic E-state index is 13.9. The quantitative estimate of drug-likeness (QED) is 0.729. The van der Waals surface area contributed by atoms with Crippen LogP contribution < -0.4 is 5.32 Å². The van der Waals surface area contributed by atoms with Crippen molar-refractivity contribution in [3.63, 3.8) is 0 Å². The number of aromatic nitrogens is 3. The Morgan fingerprint density at radius 3 is 2.48 bits per heavy atom. The van der Waals surface area contributed by atoms with E-state index in [4.69, 9.17) is 4.74 Å². The number of esters is 1. The zero-order valence-electron chi connectivity index (χ0n) is 15.9. The van der Waals surface area contributed by atoms with Crippen molar-refractivity contribution in [1.82, 2.24) is 19.9 Å². The van der Waals surface area contributed by atoms with Gasteiger partial charge in [0.1, 0.15) is 5.69 Å². The number of nitrogens with zero attached hydrogens (tertiary/aromatic N) is 3. The number of carboxylic acid groups (broad SMARTS) is 1. The molecular weight excluding hydrogens is 383 g/mol. The lowest BCUT2D eigenvalue weighted by Crippen LogP contribution is -2.50. The van der Waals surface area contributed by atoms with Gasteiger partial charge in [-0.25, -0.2) is 18.7 Å². The van der Waals surface area contributed by atoms with E-state index < -0.39 is 28.8 Å². The maximum absolute atomic E-state index is 13.9. The van der Waals surface area contributed by atoms with Crippen molar-refractivity contribution in [3.8, 4) is 0 Å². The Hall–Kier alpha value is -3.04. The molecular formula is C19H21FN4O5. The van der Waals surface area contributed by atoms with Crippen LogP contribution in [0.5, 0.6) is 0 Å². The van der Waals surface area contributed by atoms with Crippen LogP contribution in [0.2, 0.25) is 0 Å². The first-order valence-electron chi connectivity index (χ1n) is 9.43. The molecule has 3 fully saturated rings. The van der Waals surface area contributed by atoms with Gasteiger partial charge in [-0.15, -0.1) is 0 Å². The summed E-state index contributed by atoms with van der Waals surface area (Å²) in [6.45, 7) is 0.388. The summed E-state index contributed by atoms with van der Waals surface area (Å²) >= 11 is 0. The maximum Gasteiger partial charge on any atom is 0.354 e. The van der Waals surface area contributed by atoms with Crippen LogP contribution >= 0.6 is 0 Å². The number of rotatable bonds is 5. The number of amides is 1. The van der Waals surface area contributed by atoms with Gasteiger partial charge in [-0.05, 0) is 43.9 Å². The molecule has 1 amide bonds. The molecule has 10 heteroatoms. The molecule has 0 aliphatic heterocycles. The molecule has 154 valence electrons. The number of halogens is 1. The Morgan fingerprint density at radius 2 is 1.90 bits per heavy atom. The second-order valence-corrected chi connectivity index (χ2v) is 8.01. The van der Waals surface area contributed by atoms with E-state index in [1.807, 2.05) is 0 Å². The highest BCUT2D eigenvalue weighted by atomic mass is 19.1. The van der Waals surface area contributed by atoms with E-state index >= 15 is 0 Å². The van der Waals surface area contributed by atoms with Crippen LogP contribution in [-0.4, -0.2) is 51.2 Å². The molecule has 2 aromatic heterocycles. The van der Waals surface area contributed by atoms with E-state index in [2.05, 4.69) is 15.4 Å². The summed E-state index contributed by atoms with van der Waals surface area (Å²) in [5.74, 6) is -2.87. The molecule has 3 aliphatic carbocycles. The minimum Gasteiger partial charge on any atom is -0.477 e. The van der Waals surface area contributed by atoms with Crippen LogP contribution in [0.3, 0.4) is 0 Å². The fourth-order valence-electron chi connectivity index (χ4n) is 4.62. The molecule has 29 heavy (non-hydrogen) atoms. The number of aromatic carboxylic acids is 1. The SMILES string of the molecule is COC(=O)C12CCC(CNC(=O)c3cc(C(=O)O)nc4c(F)cnn34)(CC1)CC2. The van der Waals surface area contributed by atoms with Gasteiger partial charge in [0.25, 0.3) is 5.91 Å². The van der Waals surface area contributed by atoms with E-state index in [0.717, 1.165) is 55.3 Å². The molecule has 3 aliphatic rings. The summed E-state index contributed by atoms with van der Waals surface area (Å²) in [6, 6.07) is 1.08. The Balaban J connectivity index is 1.52. The van der Waals surface area contributed by atoms with Crippen LogP contribution in [0.25, 0.3) is 5.65 Å². The smallest absolute Gasteiger partial charge is 0.354 e.